The monoisotopic (exact) mass is 459 g/mol. The van der Waals surface area contributed by atoms with Crippen LogP contribution in [0.1, 0.15) is 18.2 Å². The van der Waals surface area contributed by atoms with Gasteiger partial charge in [-0.05, 0) is 25.1 Å². The van der Waals surface area contributed by atoms with Crippen molar-refractivity contribution in [1.82, 2.24) is 9.29 Å². The fourth-order valence-corrected chi connectivity index (χ4v) is 4.65. The molecule has 29 heavy (non-hydrogen) atoms. The van der Waals surface area contributed by atoms with Crippen molar-refractivity contribution in [3.8, 4) is 0 Å². The summed E-state index contributed by atoms with van der Waals surface area (Å²) >= 11 is 11.0. The third-order valence-electron chi connectivity index (χ3n) is 4.39. The van der Waals surface area contributed by atoms with Crippen molar-refractivity contribution >= 4 is 50.5 Å². The summed E-state index contributed by atoms with van der Waals surface area (Å²) in [6.07, 6.45) is 1.39. The first-order valence-corrected chi connectivity index (χ1v) is 10.6. The molecule has 0 aliphatic carbocycles. The number of guanidine groups is 1. The van der Waals surface area contributed by atoms with Gasteiger partial charge in [-0.3, -0.25) is 4.98 Å². The second-order valence-electron chi connectivity index (χ2n) is 6.60. The normalized spacial score (nSPS) is 20.9. The van der Waals surface area contributed by atoms with Crippen LogP contribution in [-0.4, -0.2) is 41.5 Å². The zero-order valence-electron chi connectivity index (χ0n) is 15.3. The number of thiocarbonyl (C=S) groups is 1. The van der Waals surface area contributed by atoms with Crippen LogP contribution in [-0.2, 0) is 15.6 Å². The van der Waals surface area contributed by atoms with E-state index in [9.17, 15) is 17.2 Å². The Bertz CT molecular complexity index is 1130. The molecule has 3 N–H and O–H groups in total. The molecule has 1 aliphatic heterocycles. The second-order valence-corrected chi connectivity index (χ2v) is 9.45. The lowest BCUT2D eigenvalue weighted by Gasteiger charge is -2.34. The van der Waals surface area contributed by atoms with E-state index < -0.39 is 32.9 Å². The summed E-state index contributed by atoms with van der Waals surface area (Å²) in [5.74, 6) is -3.31. The average Bonchev–Trinajstić information content (AvgIpc) is 2.62. The van der Waals surface area contributed by atoms with Crippen molar-refractivity contribution < 1.29 is 17.2 Å². The molecule has 3 rings (SSSR count). The van der Waals surface area contributed by atoms with Crippen LogP contribution in [0.4, 0.5) is 14.5 Å². The molecule has 1 aromatic heterocycles. The molecule has 7 nitrogen and oxygen atoms in total. The van der Waals surface area contributed by atoms with Gasteiger partial charge < -0.3 is 11.1 Å². The van der Waals surface area contributed by atoms with E-state index in [0.717, 1.165) is 10.4 Å². The Morgan fingerprint density at radius 1 is 1.38 bits per heavy atom. The molecule has 1 aliphatic rings. The number of aromatic nitrogens is 1. The van der Waals surface area contributed by atoms with E-state index in [1.165, 1.54) is 26.2 Å². The van der Waals surface area contributed by atoms with Crippen LogP contribution in [0.3, 0.4) is 0 Å². The zero-order valence-corrected chi connectivity index (χ0v) is 17.7. The quantitative estimate of drug-likeness (QED) is 0.684. The Morgan fingerprint density at radius 2 is 2.07 bits per heavy atom. The summed E-state index contributed by atoms with van der Waals surface area (Å²) in [7, 11) is -2.62. The van der Waals surface area contributed by atoms with Crippen LogP contribution in [0.15, 0.2) is 35.5 Å². The number of nitrogens with one attached hydrogen (secondary N) is 1. The molecular weight excluding hydrogens is 444 g/mol. The SMILES string of the molecule is CN1C(N)=N[C@](C)(c2cc(NC(=S)c3ccc(Cl)cn3)cc(F)c2F)CS1(=O)=O. The van der Waals surface area contributed by atoms with Gasteiger partial charge in [0.1, 0.15) is 10.5 Å². The van der Waals surface area contributed by atoms with Gasteiger partial charge in [0.25, 0.3) is 0 Å². The predicted molar refractivity (Wildman–Crippen MR) is 111 cm³/mol. The van der Waals surface area contributed by atoms with Crippen LogP contribution in [0.25, 0.3) is 0 Å². The minimum atomic E-state index is -3.86. The highest BCUT2D eigenvalue weighted by molar-refractivity contribution is 7.89. The van der Waals surface area contributed by atoms with Gasteiger partial charge in [0, 0.05) is 30.6 Å². The van der Waals surface area contributed by atoms with Gasteiger partial charge in [0.2, 0.25) is 16.0 Å². The highest BCUT2D eigenvalue weighted by atomic mass is 35.5. The fraction of sp³-hybridized carbons (Fsp3) is 0.235. The van der Waals surface area contributed by atoms with Gasteiger partial charge in [-0.2, -0.15) is 0 Å². The molecule has 0 saturated carbocycles. The number of aliphatic imine (C=N–C) groups is 1. The van der Waals surface area contributed by atoms with Gasteiger partial charge in [-0.15, -0.1) is 0 Å². The van der Waals surface area contributed by atoms with Crippen LogP contribution in [0, 0.1) is 11.6 Å². The molecule has 12 heteroatoms. The van der Waals surface area contributed by atoms with Gasteiger partial charge in [-0.1, -0.05) is 23.8 Å². The van der Waals surface area contributed by atoms with E-state index in [-0.39, 0.29) is 22.2 Å². The number of pyridine rings is 1. The first-order chi connectivity index (χ1) is 13.4. The Hall–Kier alpha value is -2.37. The molecule has 154 valence electrons. The molecule has 0 spiro atoms. The molecule has 0 amide bonds. The van der Waals surface area contributed by atoms with Gasteiger partial charge in [-0.25, -0.2) is 26.5 Å². The molecule has 0 bridgehead atoms. The molecule has 0 fully saturated rings. The molecule has 0 saturated heterocycles. The van der Waals surface area contributed by atoms with Crippen molar-refractivity contribution in [1.29, 1.82) is 0 Å². The second kappa shape index (κ2) is 7.47. The van der Waals surface area contributed by atoms with Crippen molar-refractivity contribution in [3.05, 3.63) is 58.4 Å². The minimum Gasteiger partial charge on any atom is -0.369 e. The smallest absolute Gasteiger partial charge is 0.239 e. The maximum absolute atomic E-state index is 14.6. The number of sulfonamides is 1. The van der Waals surface area contributed by atoms with E-state index in [0.29, 0.717) is 10.7 Å². The lowest BCUT2D eigenvalue weighted by atomic mass is 9.93. The summed E-state index contributed by atoms with van der Waals surface area (Å²) in [6.45, 7) is 1.37. The summed E-state index contributed by atoms with van der Waals surface area (Å²) in [5.41, 5.74) is 4.26. The Balaban J connectivity index is 2.02. The van der Waals surface area contributed by atoms with Crippen LogP contribution < -0.4 is 11.1 Å². The molecule has 2 aromatic rings. The first-order valence-electron chi connectivity index (χ1n) is 8.17. The van der Waals surface area contributed by atoms with Gasteiger partial charge >= 0.3 is 0 Å². The number of hydrogen-bond acceptors (Lipinski definition) is 6. The number of benzene rings is 1. The largest absolute Gasteiger partial charge is 0.369 e. The van der Waals surface area contributed by atoms with Crippen molar-refractivity contribution in [3.63, 3.8) is 0 Å². The maximum atomic E-state index is 14.6. The summed E-state index contributed by atoms with van der Waals surface area (Å²) in [4.78, 5) is 8.29. The van der Waals surface area contributed by atoms with Crippen molar-refractivity contribution in [2.45, 2.75) is 12.5 Å². The van der Waals surface area contributed by atoms with E-state index >= 15 is 0 Å². The Morgan fingerprint density at radius 3 is 2.66 bits per heavy atom. The van der Waals surface area contributed by atoms with E-state index in [1.807, 2.05) is 0 Å². The molecular formula is C17H16ClF2N5O2S2. The highest BCUT2D eigenvalue weighted by Gasteiger charge is 2.42. The molecule has 0 unspecified atom stereocenters. The summed E-state index contributed by atoms with van der Waals surface area (Å²) in [5, 5.41) is 3.18. The van der Waals surface area contributed by atoms with Gasteiger partial charge in [0.05, 0.1) is 16.5 Å². The van der Waals surface area contributed by atoms with Crippen molar-refractivity contribution in [2.75, 3.05) is 18.1 Å². The number of hydrogen-bond donors (Lipinski definition) is 2. The number of nitrogens with zero attached hydrogens (tertiary/aromatic N) is 3. The van der Waals surface area contributed by atoms with Crippen molar-refractivity contribution in [2.24, 2.45) is 10.7 Å². The standard InChI is InChI=1S/C17H16ClF2N5O2S2/c1-17(8-29(26,27)25(2)16(21)24-17)11-5-10(6-12(19)14(11)20)23-15(28)13-4-3-9(18)7-22-13/h3-7H,8H2,1-2H3,(H2,21,24)(H,23,28)/t17-/m0/s1. The van der Waals surface area contributed by atoms with Gasteiger partial charge in [0.15, 0.2) is 11.6 Å². The van der Waals surface area contributed by atoms with Crippen LogP contribution in [0.2, 0.25) is 5.02 Å². The first kappa shape index (κ1) is 21.3. The van der Waals surface area contributed by atoms with Crippen LogP contribution >= 0.6 is 23.8 Å². The average molecular weight is 460 g/mol. The summed E-state index contributed by atoms with van der Waals surface area (Å²) in [6, 6.07) is 5.30. The van der Waals surface area contributed by atoms with Crippen LogP contribution in [0.5, 0.6) is 0 Å². The minimum absolute atomic E-state index is 0.104. The van der Waals surface area contributed by atoms with E-state index in [1.54, 1.807) is 12.1 Å². The molecule has 1 atom stereocenters. The third-order valence-corrected chi connectivity index (χ3v) is 6.87. The number of rotatable bonds is 3. The molecule has 0 radical (unpaired) electrons. The Kier molecular flexibility index (Phi) is 5.50. The highest BCUT2D eigenvalue weighted by Crippen LogP contribution is 2.35. The third kappa shape index (κ3) is 4.16. The fourth-order valence-electron chi connectivity index (χ4n) is 2.85. The molecule has 1 aromatic carbocycles. The topological polar surface area (TPSA) is 101 Å². The van der Waals surface area contributed by atoms with E-state index in [4.69, 9.17) is 29.6 Å². The lowest BCUT2D eigenvalue weighted by molar-refractivity contribution is 0.436. The lowest BCUT2D eigenvalue weighted by Crippen LogP contribution is -2.50. The summed E-state index contributed by atoms with van der Waals surface area (Å²) < 4.78 is 54.4. The maximum Gasteiger partial charge on any atom is 0.239 e. The zero-order chi connectivity index (χ0) is 21.6. The van der Waals surface area contributed by atoms with E-state index in [2.05, 4.69) is 15.3 Å². The number of anilines is 1. The molecule has 2 heterocycles. The Labute approximate surface area is 176 Å². The number of halogens is 3. The predicted octanol–water partition coefficient (Wildman–Crippen LogP) is 2.61. The number of nitrogens with two attached hydrogens (primary N) is 1.